The molecule has 0 bridgehead atoms. The highest BCUT2D eigenvalue weighted by Crippen LogP contribution is 2.40. The van der Waals surface area contributed by atoms with Crippen LogP contribution >= 0.6 is 0 Å². The summed E-state index contributed by atoms with van der Waals surface area (Å²) in [4.78, 5) is 16.3. The molecule has 0 aliphatic heterocycles. The minimum absolute atomic E-state index is 0.564. The van der Waals surface area contributed by atoms with E-state index in [1.807, 2.05) is 0 Å². The van der Waals surface area contributed by atoms with Gasteiger partial charge in [0.15, 0.2) is 11.6 Å². The van der Waals surface area contributed by atoms with E-state index in [-0.39, 0.29) is 0 Å². The number of rotatable bonds is 5. The van der Waals surface area contributed by atoms with E-state index >= 15 is 0 Å². The normalized spacial score (nSPS) is 11.9. The molecule has 0 aliphatic rings. The molecule has 0 saturated heterocycles. The second-order valence-corrected chi connectivity index (χ2v) is 16.0. The van der Waals surface area contributed by atoms with Gasteiger partial charge in [0, 0.05) is 32.7 Å². The number of para-hydroxylation sites is 4. The van der Waals surface area contributed by atoms with Crippen LogP contribution in [0, 0.1) is 0 Å². The summed E-state index contributed by atoms with van der Waals surface area (Å²) in [7, 11) is 0. The van der Waals surface area contributed by atoms with E-state index in [0.29, 0.717) is 17.6 Å². The first kappa shape index (κ1) is 34.5. The molecule has 5 nitrogen and oxygen atoms in total. The average molecular weight is 790 g/mol. The zero-order valence-corrected chi connectivity index (χ0v) is 33.4. The summed E-state index contributed by atoms with van der Waals surface area (Å²) in [6.45, 7) is 0. The van der Waals surface area contributed by atoms with Gasteiger partial charge in [-0.1, -0.05) is 170 Å². The molecule has 288 valence electrons. The lowest BCUT2D eigenvalue weighted by molar-refractivity contribution is 0.952. The van der Waals surface area contributed by atoms with Crippen LogP contribution in [0.5, 0.6) is 0 Å². The van der Waals surface area contributed by atoms with Crippen molar-refractivity contribution in [1.82, 2.24) is 24.1 Å². The van der Waals surface area contributed by atoms with E-state index in [0.717, 1.165) is 60.6 Å². The van der Waals surface area contributed by atoms with Crippen molar-refractivity contribution < 1.29 is 0 Å². The molecule has 3 aromatic heterocycles. The Morgan fingerprint density at radius 1 is 0.258 bits per heavy atom. The molecule has 0 fully saturated rings. The molecule has 0 spiro atoms. The van der Waals surface area contributed by atoms with E-state index in [4.69, 9.17) is 15.0 Å². The van der Waals surface area contributed by atoms with Crippen molar-refractivity contribution in [2.75, 3.05) is 0 Å². The summed E-state index contributed by atoms with van der Waals surface area (Å²) in [6, 6.07) is 75.6. The Morgan fingerprint density at radius 3 is 1.35 bits per heavy atom. The van der Waals surface area contributed by atoms with Gasteiger partial charge in [0.1, 0.15) is 0 Å². The minimum Gasteiger partial charge on any atom is -0.308 e. The van der Waals surface area contributed by atoms with Crippen molar-refractivity contribution in [2.24, 2.45) is 0 Å². The van der Waals surface area contributed by atoms with Crippen LogP contribution in [0.2, 0.25) is 0 Å². The maximum Gasteiger partial charge on any atom is 0.238 e. The highest BCUT2D eigenvalue weighted by Gasteiger charge is 2.22. The van der Waals surface area contributed by atoms with Gasteiger partial charge in [0.2, 0.25) is 5.95 Å². The van der Waals surface area contributed by atoms with Gasteiger partial charge in [-0.15, -0.1) is 0 Å². The molecule has 0 saturated carbocycles. The number of hydrogen-bond acceptors (Lipinski definition) is 3. The van der Waals surface area contributed by atoms with Gasteiger partial charge in [-0.2, -0.15) is 9.97 Å². The number of fused-ring (bicyclic) bond motifs is 12. The van der Waals surface area contributed by atoms with Gasteiger partial charge in [0.25, 0.3) is 0 Å². The Morgan fingerprint density at radius 2 is 0.710 bits per heavy atom. The lowest BCUT2D eigenvalue weighted by Gasteiger charge is -2.16. The quantitative estimate of drug-likeness (QED) is 0.163. The third kappa shape index (κ3) is 5.18. The van der Waals surface area contributed by atoms with Crippen LogP contribution in [0.25, 0.3) is 121 Å². The molecular formula is C57H35N5. The Kier molecular flexibility index (Phi) is 7.54. The molecular weight excluding hydrogens is 755 g/mol. The molecule has 0 N–H and O–H groups in total. The molecule has 10 aromatic carbocycles. The van der Waals surface area contributed by atoms with Crippen LogP contribution in [0.15, 0.2) is 212 Å². The van der Waals surface area contributed by atoms with Gasteiger partial charge < -0.3 is 4.57 Å². The first-order valence-corrected chi connectivity index (χ1v) is 21.0. The predicted molar refractivity (Wildman–Crippen MR) is 257 cm³/mol. The third-order valence-electron chi connectivity index (χ3n) is 12.6. The van der Waals surface area contributed by atoms with Gasteiger partial charge in [-0.05, 0) is 85.9 Å². The minimum atomic E-state index is 0.564. The maximum atomic E-state index is 5.45. The maximum absolute atomic E-state index is 5.45. The molecule has 13 aromatic rings. The van der Waals surface area contributed by atoms with Crippen molar-refractivity contribution in [3.63, 3.8) is 0 Å². The lowest BCUT2D eigenvalue weighted by Crippen LogP contribution is -2.07. The Bertz CT molecular complexity index is 3850. The summed E-state index contributed by atoms with van der Waals surface area (Å²) < 4.78 is 4.57. The zero-order valence-electron chi connectivity index (χ0n) is 33.4. The second kappa shape index (κ2) is 13.6. The molecule has 0 radical (unpaired) electrons. The predicted octanol–water partition coefficient (Wildman–Crippen LogP) is 14.5. The smallest absolute Gasteiger partial charge is 0.238 e. The fourth-order valence-electron chi connectivity index (χ4n) is 9.80. The molecule has 3 heterocycles. The average Bonchev–Trinajstić information content (AvgIpc) is 3.87. The summed E-state index contributed by atoms with van der Waals surface area (Å²) in [5.74, 6) is 1.76. The van der Waals surface area contributed by atoms with E-state index in [9.17, 15) is 0 Å². The fraction of sp³-hybridized carbons (Fsp3) is 0. The lowest BCUT2D eigenvalue weighted by atomic mass is 9.93. The zero-order chi connectivity index (χ0) is 40.7. The van der Waals surface area contributed by atoms with Gasteiger partial charge in [-0.25, -0.2) is 4.98 Å². The molecule has 0 atom stereocenters. The van der Waals surface area contributed by atoms with Crippen molar-refractivity contribution in [1.29, 1.82) is 0 Å². The fourth-order valence-corrected chi connectivity index (χ4v) is 9.80. The third-order valence-corrected chi connectivity index (χ3v) is 12.6. The molecule has 62 heavy (non-hydrogen) atoms. The summed E-state index contributed by atoms with van der Waals surface area (Å²) in [6.07, 6.45) is 0. The van der Waals surface area contributed by atoms with Crippen molar-refractivity contribution in [3.8, 4) is 45.5 Å². The SMILES string of the molecule is c1ccc(-c2ccc3c4ccccc4n(-c4ccccc4-c4nc(-c5ccc6c7ccccc7c7ccccc7c6c5)nc(-n5c6ccccc6c6ccccc65)n4)c3c2)cc1. The van der Waals surface area contributed by atoms with Crippen LogP contribution in [-0.2, 0) is 0 Å². The first-order valence-electron chi connectivity index (χ1n) is 21.0. The van der Waals surface area contributed by atoms with Gasteiger partial charge >= 0.3 is 0 Å². The molecule has 0 aliphatic carbocycles. The summed E-state index contributed by atoms with van der Waals surface area (Å²) in [5.41, 5.74) is 9.46. The number of benzene rings is 10. The van der Waals surface area contributed by atoms with E-state index < -0.39 is 0 Å². The number of nitrogens with zero attached hydrogens (tertiary/aromatic N) is 5. The molecule has 5 heteroatoms. The standard InChI is InChI=1S/C57H35N5/c1-2-16-36(17-3-1)37-30-33-47-46-24-8-12-26-50(46)61(54(47)35-37)53-29-15-11-25-48(53)56-58-55(59-57(60-56)62-51-27-13-9-22-44(51)45-23-10-14-28-52(45)62)38-31-32-43-41-20-5-4-18-39(41)40-19-6-7-21-42(40)49(43)34-38/h1-35H. The molecule has 13 rings (SSSR count). The second-order valence-electron chi connectivity index (χ2n) is 16.0. The van der Waals surface area contributed by atoms with Crippen molar-refractivity contribution in [2.45, 2.75) is 0 Å². The Balaban J connectivity index is 1.10. The van der Waals surface area contributed by atoms with E-state index in [1.165, 1.54) is 43.3 Å². The topological polar surface area (TPSA) is 48.5 Å². The summed E-state index contributed by atoms with van der Waals surface area (Å²) >= 11 is 0. The Labute approximate surface area is 356 Å². The molecule has 0 amide bonds. The largest absolute Gasteiger partial charge is 0.308 e. The van der Waals surface area contributed by atoms with Crippen LogP contribution in [0.4, 0.5) is 0 Å². The van der Waals surface area contributed by atoms with Gasteiger partial charge in [-0.3, -0.25) is 4.57 Å². The van der Waals surface area contributed by atoms with E-state index in [2.05, 4.69) is 221 Å². The first-order chi connectivity index (χ1) is 30.8. The van der Waals surface area contributed by atoms with Crippen molar-refractivity contribution >= 4 is 75.9 Å². The van der Waals surface area contributed by atoms with Crippen LogP contribution < -0.4 is 0 Å². The monoisotopic (exact) mass is 789 g/mol. The van der Waals surface area contributed by atoms with Crippen LogP contribution in [0.3, 0.4) is 0 Å². The van der Waals surface area contributed by atoms with E-state index in [1.54, 1.807) is 0 Å². The molecule has 0 unspecified atom stereocenters. The van der Waals surface area contributed by atoms with Crippen LogP contribution in [-0.4, -0.2) is 24.1 Å². The Hall–Kier alpha value is -8.41. The van der Waals surface area contributed by atoms with Crippen molar-refractivity contribution in [3.05, 3.63) is 212 Å². The van der Waals surface area contributed by atoms with Gasteiger partial charge in [0.05, 0.1) is 27.8 Å². The summed E-state index contributed by atoms with van der Waals surface area (Å²) in [5, 5.41) is 11.9. The number of aromatic nitrogens is 5. The highest BCUT2D eigenvalue weighted by atomic mass is 15.2. The van der Waals surface area contributed by atoms with Crippen LogP contribution in [0.1, 0.15) is 0 Å². The highest BCUT2D eigenvalue weighted by molar-refractivity contribution is 6.25. The number of hydrogen-bond donors (Lipinski definition) is 0.